The number of aliphatic imine (C=N–C) groups is 1. The molecule has 0 atom stereocenters. The molecule has 2 rings (SSSR count). The molecule has 0 spiro atoms. The summed E-state index contributed by atoms with van der Waals surface area (Å²) in [4.78, 5) is 9.11. The lowest BCUT2D eigenvalue weighted by molar-refractivity contribution is 0.270. The molecule has 1 aromatic rings. The first kappa shape index (κ1) is 20.5. The summed E-state index contributed by atoms with van der Waals surface area (Å²) in [6, 6.07) is 5.52. The minimum absolute atomic E-state index is 0.147. The summed E-state index contributed by atoms with van der Waals surface area (Å²) in [5, 5.41) is 6.54. The molecule has 6 heteroatoms. The number of unbranched alkanes of at least 4 members (excludes halogenated alkanes) is 1. The van der Waals surface area contributed by atoms with E-state index in [4.69, 9.17) is 0 Å². The lowest BCUT2D eigenvalue weighted by Crippen LogP contribution is -2.46. The summed E-state index contributed by atoms with van der Waals surface area (Å²) in [6.45, 7) is 13.4. The first-order valence-corrected chi connectivity index (χ1v) is 9.95. The Balaban J connectivity index is 1.96. The lowest BCUT2D eigenvalue weighted by Gasteiger charge is -2.35. The van der Waals surface area contributed by atoms with Crippen LogP contribution in [0.2, 0.25) is 0 Å². The summed E-state index contributed by atoms with van der Waals surface area (Å²) in [6.07, 6.45) is 2.25. The van der Waals surface area contributed by atoms with Crippen molar-refractivity contribution in [2.24, 2.45) is 4.99 Å². The van der Waals surface area contributed by atoms with E-state index in [9.17, 15) is 4.39 Å². The molecule has 1 aliphatic heterocycles. The Morgan fingerprint density at radius 3 is 2.50 bits per heavy atom. The van der Waals surface area contributed by atoms with Crippen LogP contribution in [-0.4, -0.2) is 56.7 Å². The third-order valence-corrected chi connectivity index (χ3v) is 4.76. The van der Waals surface area contributed by atoms with Gasteiger partial charge < -0.3 is 20.4 Å². The number of benzene rings is 1. The Kier molecular flexibility index (Phi) is 8.68. The number of nitrogens with one attached hydrogen (secondary N) is 2. The average Bonchev–Trinajstić information content (AvgIpc) is 2.66. The molecule has 5 nitrogen and oxygen atoms in total. The standard InChI is InChI=1S/C20H34FN5/c1-4-7-10-23-20(22-5-2)24-16-17-8-9-19(18(21)15-17)26-13-11-25(6-3)12-14-26/h8-9,15H,4-7,10-14,16H2,1-3H3,(H2,22,23,24). The van der Waals surface area contributed by atoms with Gasteiger partial charge in [-0.25, -0.2) is 9.38 Å². The second-order valence-electron chi connectivity index (χ2n) is 6.68. The van der Waals surface area contributed by atoms with Gasteiger partial charge in [-0.2, -0.15) is 0 Å². The van der Waals surface area contributed by atoms with Crippen molar-refractivity contribution in [3.63, 3.8) is 0 Å². The van der Waals surface area contributed by atoms with Crippen LogP contribution in [0.15, 0.2) is 23.2 Å². The van der Waals surface area contributed by atoms with Crippen molar-refractivity contribution in [1.82, 2.24) is 15.5 Å². The molecule has 0 unspecified atom stereocenters. The molecule has 0 bridgehead atoms. The number of piperazine rings is 1. The molecule has 2 N–H and O–H groups in total. The lowest BCUT2D eigenvalue weighted by atomic mass is 10.1. The van der Waals surface area contributed by atoms with Gasteiger partial charge in [-0.3, -0.25) is 0 Å². The van der Waals surface area contributed by atoms with Gasteiger partial charge in [-0.05, 0) is 37.6 Å². The summed E-state index contributed by atoms with van der Waals surface area (Å²) in [5.41, 5.74) is 1.60. The van der Waals surface area contributed by atoms with Crippen LogP contribution in [0.5, 0.6) is 0 Å². The number of likely N-dealkylation sites (N-methyl/N-ethyl adjacent to an activating group) is 1. The van der Waals surface area contributed by atoms with E-state index in [2.05, 4.69) is 39.3 Å². The highest BCUT2D eigenvalue weighted by Crippen LogP contribution is 2.22. The molecule has 1 aromatic carbocycles. The SMILES string of the molecule is CCCCNC(=NCc1ccc(N2CCN(CC)CC2)c(F)c1)NCC. The van der Waals surface area contributed by atoms with Crippen molar-refractivity contribution in [2.75, 3.05) is 50.7 Å². The van der Waals surface area contributed by atoms with E-state index < -0.39 is 0 Å². The molecular formula is C20H34FN5. The zero-order chi connectivity index (χ0) is 18.8. The maximum absolute atomic E-state index is 14.6. The van der Waals surface area contributed by atoms with Crippen molar-refractivity contribution in [3.8, 4) is 0 Å². The van der Waals surface area contributed by atoms with Gasteiger partial charge >= 0.3 is 0 Å². The number of halogens is 1. The molecule has 146 valence electrons. The minimum Gasteiger partial charge on any atom is -0.367 e. The Morgan fingerprint density at radius 2 is 1.88 bits per heavy atom. The zero-order valence-corrected chi connectivity index (χ0v) is 16.5. The molecule has 26 heavy (non-hydrogen) atoms. The first-order valence-electron chi connectivity index (χ1n) is 9.95. The van der Waals surface area contributed by atoms with Gasteiger partial charge in [0.05, 0.1) is 12.2 Å². The van der Waals surface area contributed by atoms with Gasteiger partial charge in [-0.1, -0.05) is 26.3 Å². The molecule has 0 aromatic heterocycles. The summed E-state index contributed by atoms with van der Waals surface area (Å²) >= 11 is 0. The maximum atomic E-state index is 14.6. The van der Waals surface area contributed by atoms with E-state index in [-0.39, 0.29) is 5.82 Å². The van der Waals surface area contributed by atoms with Crippen molar-refractivity contribution in [2.45, 2.75) is 40.2 Å². The third-order valence-electron chi connectivity index (χ3n) is 4.76. The monoisotopic (exact) mass is 363 g/mol. The van der Waals surface area contributed by atoms with E-state index in [1.54, 1.807) is 6.07 Å². The van der Waals surface area contributed by atoms with Crippen molar-refractivity contribution < 1.29 is 4.39 Å². The van der Waals surface area contributed by atoms with Crippen LogP contribution in [0.25, 0.3) is 0 Å². The van der Waals surface area contributed by atoms with Crippen molar-refractivity contribution in [1.29, 1.82) is 0 Å². The number of rotatable bonds is 8. The molecular weight excluding hydrogens is 329 g/mol. The van der Waals surface area contributed by atoms with E-state index in [0.717, 1.165) is 70.2 Å². The van der Waals surface area contributed by atoms with Crippen LogP contribution in [0, 0.1) is 5.82 Å². The molecule has 0 saturated carbocycles. The molecule has 1 fully saturated rings. The Bertz CT molecular complexity index is 567. The van der Waals surface area contributed by atoms with E-state index >= 15 is 0 Å². The Labute approximate surface area is 157 Å². The molecule has 0 amide bonds. The van der Waals surface area contributed by atoms with Crippen LogP contribution in [0.3, 0.4) is 0 Å². The first-order chi connectivity index (χ1) is 12.7. The van der Waals surface area contributed by atoms with Crippen LogP contribution in [-0.2, 0) is 6.54 Å². The second-order valence-corrected chi connectivity index (χ2v) is 6.68. The number of guanidine groups is 1. The fourth-order valence-corrected chi connectivity index (χ4v) is 3.11. The molecule has 1 heterocycles. The van der Waals surface area contributed by atoms with E-state index in [1.807, 2.05) is 19.1 Å². The predicted octanol–water partition coefficient (Wildman–Crippen LogP) is 2.82. The quantitative estimate of drug-likeness (QED) is 0.423. The van der Waals surface area contributed by atoms with Crippen LogP contribution in [0.1, 0.15) is 39.2 Å². The number of anilines is 1. The van der Waals surface area contributed by atoms with Gasteiger partial charge in [0.1, 0.15) is 5.82 Å². The fourth-order valence-electron chi connectivity index (χ4n) is 3.11. The molecule has 1 aliphatic rings. The second kappa shape index (κ2) is 11.0. The summed E-state index contributed by atoms with van der Waals surface area (Å²) in [7, 11) is 0. The van der Waals surface area contributed by atoms with Crippen LogP contribution in [0.4, 0.5) is 10.1 Å². The maximum Gasteiger partial charge on any atom is 0.191 e. The van der Waals surface area contributed by atoms with E-state index in [1.165, 1.54) is 0 Å². The normalized spacial score (nSPS) is 16.0. The molecule has 1 saturated heterocycles. The third kappa shape index (κ3) is 6.16. The van der Waals surface area contributed by atoms with Gasteiger partial charge in [0.2, 0.25) is 0 Å². The number of hydrogen-bond donors (Lipinski definition) is 2. The fraction of sp³-hybridized carbons (Fsp3) is 0.650. The predicted molar refractivity (Wildman–Crippen MR) is 108 cm³/mol. The van der Waals surface area contributed by atoms with Crippen LogP contribution < -0.4 is 15.5 Å². The molecule has 0 radical (unpaired) electrons. The van der Waals surface area contributed by atoms with Gasteiger partial charge in [0.25, 0.3) is 0 Å². The minimum atomic E-state index is -0.147. The van der Waals surface area contributed by atoms with E-state index in [0.29, 0.717) is 12.2 Å². The topological polar surface area (TPSA) is 42.9 Å². The highest BCUT2D eigenvalue weighted by atomic mass is 19.1. The molecule has 0 aliphatic carbocycles. The van der Waals surface area contributed by atoms with Gasteiger partial charge in [0, 0.05) is 39.3 Å². The number of nitrogens with zero attached hydrogens (tertiary/aromatic N) is 3. The average molecular weight is 364 g/mol. The largest absolute Gasteiger partial charge is 0.367 e. The number of hydrogen-bond acceptors (Lipinski definition) is 3. The highest BCUT2D eigenvalue weighted by Gasteiger charge is 2.18. The zero-order valence-electron chi connectivity index (χ0n) is 16.5. The van der Waals surface area contributed by atoms with Gasteiger partial charge in [0.15, 0.2) is 5.96 Å². The Hall–Kier alpha value is -1.82. The smallest absolute Gasteiger partial charge is 0.191 e. The van der Waals surface area contributed by atoms with Crippen molar-refractivity contribution >= 4 is 11.6 Å². The summed E-state index contributed by atoms with van der Waals surface area (Å²) in [5.74, 6) is 0.646. The van der Waals surface area contributed by atoms with Crippen molar-refractivity contribution in [3.05, 3.63) is 29.6 Å². The highest BCUT2D eigenvalue weighted by molar-refractivity contribution is 5.79. The Morgan fingerprint density at radius 1 is 1.12 bits per heavy atom. The summed E-state index contributed by atoms with van der Waals surface area (Å²) < 4.78 is 14.6. The van der Waals surface area contributed by atoms with Crippen LogP contribution >= 0.6 is 0 Å². The van der Waals surface area contributed by atoms with Gasteiger partial charge in [-0.15, -0.1) is 0 Å².